The van der Waals surface area contributed by atoms with Gasteiger partial charge in [0.15, 0.2) is 0 Å². The second-order valence-corrected chi connectivity index (χ2v) is 9.02. The Kier molecular flexibility index (Phi) is 5.95. The Morgan fingerprint density at radius 1 is 1.09 bits per heavy atom. The van der Waals surface area contributed by atoms with Gasteiger partial charge in [-0.2, -0.15) is 5.10 Å². The van der Waals surface area contributed by atoms with Crippen LogP contribution in [-0.4, -0.2) is 41.2 Å². The van der Waals surface area contributed by atoms with Crippen molar-refractivity contribution >= 4 is 11.7 Å². The number of carbonyl (C=O) groups is 1. The van der Waals surface area contributed by atoms with Crippen molar-refractivity contribution in [2.75, 3.05) is 25.5 Å². The van der Waals surface area contributed by atoms with Gasteiger partial charge in [0.25, 0.3) is 0 Å². The molecule has 166 valence electrons. The molecule has 3 aromatic rings. The topological polar surface area (TPSA) is 70.2 Å². The Hall–Kier alpha value is -3.12. The van der Waals surface area contributed by atoms with Gasteiger partial charge in [-0.05, 0) is 67.1 Å². The molecule has 1 amide bonds. The summed E-state index contributed by atoms with van der Waals surface area (Å²) in [6.45, 7) is 3.53. The third-order valence-corrected chi connectivity index (χ3v) is 6.73. The first kappa shape index (κ1) is 20.8. The Labute approximate surface area is 189 Å². The normalized spacial score (nSPS) is 20.3. The van der Waals surface area contributed by atoms with Crippen molar-refractivity contribution in [3.8, 4) is 5.75 Å². The summed E-state index contributed by atoms with van der Waals surface area (Å²) in [6, 6.07) is 18.6. The monoisotopic (exact) mass is 430 g/mol. The largest absolute Gasteiger partial charge is 0.497 e. The smallest absolute Gasteiger partial charge is 0.229 e. The van der Waals surface area contributed by atoms with Crippen molar-refractivity contribution in [1.82, 2.24) is 15.1 Å². The SMILES string of the molecule is COc1ccc(CC(=O)Nc2cc([C@H]3C[C@@H](c4cccc(CN5CCC5)c4)C3)n[nH]2)cc1. The minimum atomic E-state index is -0.0594. The number of aromatic nitrogens is 2. The number of likely N-dealkylation sites (tertiary alicyclic amines) is 1. The number of hydrogen-bond acceptors (Lipinski definition) is 4. The molecule has 1 aliphatic carbocycles. The van der Waals surface area contributed by atoms with E-state index in [-0.39, 0.29) is 5.91 Å². The van der Waals surface area contributed by atoms with Gasteiger partial charge < -0.3 is 10.1 Å². The lowest BCUT2D eigenvalue weighted by molar-refractivity contribution is -0.115. The van der Waals surface area contributed by atoms with Crippen LogP contribution >= 0.6 is 0 Å². The van der Waals surface area contributed by atoms with Crippen LogP contribution in [0.1, 0.15) is 53.5 Å². The van der Waals surface area contributed by atoms with Crippen molar-refractivity contribution < 1.29 is 9.53 Å². The van der Waals surface area contributed by atoms with E-state index in [1.165, 1.54) is 30.6 Å². The summed E-state index contributed by atoms with van der Waals surface area (Å²) in [5.41, 5.74) is 4.86. The zero-order valence-corrected chi connectivity index (χ0v) is 18.5. The maximum Gasteiger partial charge on any atom is 0.229 e. The molecule has 1 aliphatic heterocycles. The molecule has 0 radical (unpaired) electrons. The van der Waals surface area contributed by atoms with Crippen LogP contribution in [0.4, 0.5) is 5.82 Å². The van der Waals surface area contributed by atoms with Gasteiger partial charge in [-0.1, -0.05) is 36.4 Å². The van der Waals surface area contributed by atoms with E-state index in [0.29, 0.717) is 24.1 Å². The van der Waals surface area contributed by atoms with E-state index in [0.717, 1.165) is 36.4 Å². The molecule has 6 nitrogen and oxygen atoms in total. The van der Waals surface area contributed by atoms with Crippen LogP contribution in [0.3, 0.4) is 0 Å². The lowest BCUT2D eigenvalue weighted by atomic mass is 9.70. The highest BCUT2D eigenvalue weighted by Crippen LogP contribution is 2.47. The summed E-state index contributed by atoms with van der Waals surface area (Å²) >= 11 is 0. The number of aromatic amines is 1. The van der Waals surface area contributed by atoms with Crippen LogP contribution in [0.5, 0.6) is 5.75 Å². The summed E-state index contributed by atoms with van der Waals surface area (Å²) in [7, 11) is 1.63. The van der Waals surface area contributed by atoms with Crippen molar-refractivity contribution in [3.05, 3.63) is 77.0 Å². The molecule has 6 heteroatoms. The van der Waals surface area contributed by atoms with Crippen molar-refractivity contribution in [2.45, 2.75) is 44.1 Å². The molecule has 0 bridgehead atoms. The minimum Gasteiger partial charge on any atom is -0.497 e. The molecule has 0 unspecified atom stereocenters. The summed E-state index contributed by atoms with van der Waals surface area (Å²) in [4.78, 5) is 14.9. The van der Waals surface area contributed by atoms with Crippen LogP contribution in [0.25, 0.3) is 0 Å². The second-order valence-electron chi connectivity index (χ2n) is 9.02. The van der Waals surface area contributed by atoms with Gasteiger partial charge in [-0.25, -0.2) is 0 Å². The van der Waals surface area contributed by atoms with Crippen LogP contribution in [0, 0.1) is 0 Å². The predicted octanol–water partition coefficient (Wildman–Crippen LogP) is 4.47. The van der Waals surface area contributed by atoms with Gasteiger partial charge in [0.2, 0.25) is 5.91 Å². The molecule has 32 heavy (non-hydrogen) atoms. The lowest BCUT2D eigenvalue weighted by Crippen LogP contribution is -2.36. The van der Waals surface area contributed by atoms with E-state index in [2.05, 4.69) is 44.7 Å². The average molecular weight is 431 g/mol. The van der Waals surface area contributed by atoms with Crippen LogP contribution in [0.2, 0.25) is 0 Å². The number of amides is 1. The molecule has 0 spiro atoms. The first-order chi connectivity index (χ1) is 15.7. The third kappa shape index (κ3) is 4.70. The maximum atomic E-state index is 12.4. The van der Waals surface area contributed by atoms with Gasteiger partial charge in [0.05, 0.1) is 19.2 Å². The number of anilines is 1. The highest BCUT2D eigenvalue weighted by atomic mass is 16.5. The lowest BCUT2D eigenvalue weighted by Gasteiger charge is -2.35. The minimum absolute atomic E-state index is 0.0594. The van der Waals surface area contributed by atoms with Gasteiger partial charge in [0.1, 0.15) is 11.6 Å². The molecule has 2 aromatic carbocycles. The number of H-pyrrole nitrogens is 1. The highest BCUT2D eigenvalue weighted by Gasteiger charge is 2.33. The van der Waals surface area contributed by atoms with Crippen LogP contribution in [-0.2, 0) is 17.8 Å². The molecule has 1 saturated heterocycles. The predicted molar refractivity (Wildman–Crippen MR) is 125 cm³/mol. The van der Waals surface area contributed by atoms with Gasteiger partial charge in [-0.3, -0.25) is 14.8 Å². The number of nitrogens with one attached hydrogen (secondary N) is 2. The van der Waals surface area contributed by atoms with E-state index in [1.807, 2.05) is 30.3 Å². The van der Waals surface area contributed by atoms with E-state index in [9.17, 15) is 4.79 Å². The zero-order chi connectivity index (χ0) is 21.9. The molecular formula is C26H30N4O2. The van der Waals surface area contributed by atoms with Crippen molar-refractivity contribution in [2.24, 2.45) is 0 Å². The van der Waals surface area contributed by atoms with E-state index < -0.39 is 0 Å². The van der Waals surface area contributed by atoms with E-state index >= 15 is 0 Å². The fourth-order valence-corrected chi connectivity index (χ4v) is 4.61. The number of nitrogens with zero attached hydrogens (tertiary/aromatic N) is 2. The molecule has 2 aliphatic rings. The molecule has 5 rings (SSSR count). The van der Waals surface area contributed by atoms with Gasteiger partial charge in [-0.15, -0.1) is 0 Å². The molecule has 1 saturated carbocycles. The van der Waals surface area contributed by atoms with Crippen molar-refractivity contribution in [1.29, 1.82) is 0 Å². The summed E-state index contributed by atoms with van der Waals surface area (Å²) in [6.07, 6.45) is 3.86. The summed E-state index contributed by atoms with van der Waals surface area (Å²) in [5.74, 6) is 2.44. The summed E-state index contributed by atoms with van der Waals surface area (Å²) < 4.78 is 5.16. The number of methoxy groups -OCH3 is 1. The number of benzene rings is 2. The number of hydrogen-bond donors (Lipinski definition) is 2. The molecule has 1 aromatic heterocycles. The van der Waals surface area contributed by atoms with Crippen LogP contribution < -0.4 is 10.1 Å². The maximum absolute atomic E-state index is 12.4. The second kappa shape index (κ2) is 9.17. The fourth-order valence-electron chi connectivity index (χ4n) is 4.61. The Morgan fingerprint density at radius 3 is 2.62 bits per heavy atom. The Balaban J connectivity index is 1.12. The highest BCUT2D eigenvalue weighted by molar-refractivity contribution is 5.91. The molecule has 0 atom stereocenters. The first-order valence-corrected chi connectivity index (χ1v) is 11.5. The molecule has 2 N–H and O–H groups in total. The average Bonchev–Trinajstić information content (AvgIpc) is 3.18. The molecule has 2 heterocycles. The number of ether oxygens (including phenoxy) is 1. The Morgan fingerprint density at radius 2 is 1.91 bits per heavy atom. The van der Waals surface area contributed by atoms with Gasteiger partial charge >= 0.3 is 0 Å². The quantitative estimate of drug-likeness (QED) is 0.553. The van der Waals surface area contributed by atoms with E-state index in [4.69, 9.17) is 4.74 Å². The first-order valence-electron chi connectivity index (χ1n) is 11.5. The summed E-state index contributed by atoms with van der Waals surface area (Å²) in [5, 5.41) is 10.4. The molecule has 2 fully saturated rings. The number of rotatable bonds is 8. The fraction of sp³-hybridized carbons (Fsp3) is 0.385. The van der Waals surface area contributed by atoms with Crippen molar-refractivity contribution in [3.63, 3.8) is 0 Å². The number of carbonyl (C=O) groups excluding carboxylic acids is 1. The van der Waals surface area contributed by atoms with E-state index in [1.54, 1.807) is 7.11 Å². The standard InChI is InChI=1S/C26H30N4O2/c1-32-23-8-6-18(7-9-23)13-26(31)27-25-16-24(28-29-25)22-14-21(15-22)20-5-2-4-19(12-20)17-30-10-3-11-30/h2,4-9,12,16,21-22H,3,10-11,13-15,17H2,1H3,(H2,27,28,29,31)/t21-,22+. The van der Waals surface area contributed by atoms with Crippen LogP contribution in [0.15, 0.2) is 54.6 Å². The van der Waals surface area contributed by atoms with Gasteiger partial charge in [0, 0.05) is 18.5 Å². The zero-order valence-electron chi connectivity index (χ0n) is 18.5. The third-order valence-electron chi connectivity index (χ3n) is 6.73. The molecular weight excluding hydrogens is 400 g/mol. The Bertz CT molecular complexity index is 1070.